The van der Waals surface area contributed by atoms with Gasteiger partial charge in [0.1, 0.15) is 6.61 Å². The van der Waals surface area contributed by atoms with Crippen LogP contribution in [0, 0.1) is 0 Å². The minimum absolute atomic E-state index is 0.0279. The Bertz CT molecular complexity index is 631. The van der Waals surface area contributed by atoms with Crippen LogP contribution in [0.2, 0.25) is 0 Å². The number of para-hydroxylation sites is 2. The molecular weight excluding hydrogens is 336 g/mol. The number of rotatable bonds is 5. The second kappa shape index (κ2) is 8.75. The van der Waals surface area contributed by atoms with Crippen LogP contribution in [-0.4, -0.2) is 80.3 Å². The summed E-state index contributed by atoms with van der Waals surface area (Å²) in [7, 11) is 0. The molecule has 1 aromatic carbocycles. The summed E-state index contributed by atoms with van der Waals surface area (Å²) in [6.45, 7) is 6.34. The zero-order chi connectivity index (χ0) is 18.4. The van der Waals surface area contributed by atoms with Crippen molar-refractivity contribution in [3.05, 3.63) is 24.3 Å². The molecule has 0 saturated carbocycles. The lowest BCUT2D eigenvalue weighted by Crippen LogP contribution is -2.54. The number of hydrogen-bond donors (Lipinski definition) is 2. The van der Waals surface area contributed by atoms with Gasteiger partial charge in [-0.3, -0.25) is 9.69 Å². The van der Waals surface area contributed by atoms with Crippen LogP contribution in [0.3, 0.4) is 0 Å². The van der Waals surface area contributed by atoms with Crippen molar-refractivity contribution in [1.29, 1.82) is 0 Å². The van der Waals surface area contributed by atoms with E-state index < -0.39 is 0 Å². The quantitative estimate of drug-likeness (QED) is 0.787. The van der Waals surface area contributed by atoms with Crippen LogP contribution < -0.4 is 20.1 Å². The molecule has 1 saturated heterocycles. The monoisotopic (exact) mass is 362 g/mol. The number of likely N-dealkylation sites (N-methyl/N-ethyl adjacent to an activating group) is 1. The third-order valence-corrected chi connectivity index (χ3v) is 4.45. The van der Waals surface area contributed by atoms with Crippen molar-refractivity contribution in [2.75, 3.05) is 52.4 Å². The molecule has 0 spiro atoms. The van der Waals surface area contributed by atoms with E-state index in [0.717, 1.165) is 5.75 Å². The van der Waals surface area contributed by atoms with E-state index in [2.05, 4.69) is 15.5 Å². The summed E-state index contributed by atoms with van der Waals surface area (Å²) in [4.78, 5) is 27.8. The summed E-state index contributed by atoms with van der Waals surface area (Å²) in [5.74, 6) is 1.47. The fraction of sp³-hybridized carbons (Fsp3) is 0.556. The van der Waals surface area contributed by atoms with Crippen LogP contribution in [-0.2, 0) is 4.79 Å². The molecule has 2 aliphatic rings. The van der Waals surface area contributed by atoms with E-state index in [9.17, 15) is 9.59 Å². The molecule has 2 heterocycles. The van der Waals surface area contributed by atoms with Crippen LogP contribution in [0.15, 0.2) is 24.3 Å². The lowest BCUT2D eigenvalue weighted by atomic mass is 10.2. The Hall–Kier alpha value is -2.48. The van der Waals surface area contributed by atoms with Crippen molar-refractivity contribution in [2.45, 2.75) is 13.0 Å². The van der Waals surface area contributed by atoms with E-state index in [-0.39, 0.29) is 18.0 Å². The molecule has 142 valence electrons. The molecule has 1 atom stereocenters. The van der Waals surface area contributed by atoms with Crippen molar-refractivity contribution < 1.29 is 19.1 Å². The molecule has 0 bridgehead atoms. The number of piperazine rings is 1. The first-order chi connectivity index (χ1) is 12.7. The number of ether oxygens (including phenoxy) is 2. The summed E-state index contributed by atoms with van der Waals surface area (Å²) in [5.41, 5.74) is 0. The van der Waals surface area contributed by atoms with E-state index in [4.69, 9.17) is 9.47 Å². The van der Waals surface area contributed by atoms with Crippen molar-refractivity contribution >= 4 is 11.9 Å². The molecule has 8 heteroatoms. The SMILES string of the molecule is CCNC(=O)CN1CCN(C(=O)NCC2COc3ccccc3O2)CC1. The molecule has 3 amide bonds. The zero-order valence-corrected chi connectivity index (χ0v) is 15.1. The molecule has 0 aromatic heterocycles. The first-order valence-corrected chi connectivity index (χ1v) is 9.06. The third-order valence-electron chi connectivity index (χ3n) is 4.45. The molecule has 26 heavy (non-hydrogen) atoms. The molecule has 0 radical (unpaired) electrons. The highest BCUT2D eigenvalue weighted by Crippen LogP contribution is 2.30. The van der Waals surface area contributed by atoms with Crippen molar-refractivity contribution in [1.82, 2.24) is 20.4 Å². The van der Waals surface area contributed by atoms with Crippen LogP contribution in [0.25, 0.3) is 0 Å². The van der Waals surface area contributed by atoms with Gasteiger partial charge < -0.3 is 25.0 Å². The number of carbonyl (C=O) groups is 2. The predicted molar refractivity (Wildman–Crippen MR) is 96.4 cm³/mol. The lowest BCUT2D eigenvalue weighted by Gasteiger charge is -2.34. The summed E-state index contributed by atoms with van der Waals surface area (Å²) >= 11 is 0. The van der Waals surface area contributed by atoms with Crippen molar-refractivity contribution in [3.63, 3.8) is 0 Å². The van der Waals surface area contributed by atoms with Gasteiger partial charge in [0.15, 0.2) is 17.6 Å². The van der Waals surface area contributed by atoms with Crippen LogP contribution in [0.5, 0.6) is 11.5 Å². The fourth-order valence-corrected chi connectivity index (χ4v) is 3.04. The average molecular weight is 362 g/mol. The van der Waals surface area contributed by atoms with Gasteiger partial charge in [-0.25, -0.2) is 4.79 Å². The molecule has 1 fully saturated rings. The van der Waals surface area contributed by atoms with E-state index in [1.54, 1.807) is 4.90 Å². The molecule has 2 aliphatic heterocycles. The van der Waals surface area contributed by atoms with E-state index in [1.165, 1.54) is 0 Å². The summed E-state index contributed by atoms with van der Waals surface area (Å²) in [6, 6.07) is 7.41. The van der Waals surface area contributed by atoms with Gasteiger partial charge in [0.2, 0.25) is 5.91 Å². The Morgan fingerprint density at radius 2 is 1.85 bits per heavy atom. The van der Waals surface area contributed by atoms with Crippen LogP contribution in [0.4, 0.5) is 4.79 Å². The number of urea groups is 1. The highest BCUT2D eigenvalue weighted by Gasteiger charge is 2.25. The van der Waals surface area contributed by atoms with Gasteiger partial charge in [-0.05, 0) is 19.1 Å². The number of hydrogen-bond acceptors (Lipinski definition) is 5. The maximum atomic E-state index is 12.3. The van der Waals surface area contributed by atoms with E-state index >= 15 is 0 Å². The second-order valence-electron chi connectivity index (χ2n) is 6.40. The van der Waals surface area contributed by atoms with Gasteiger partial charge in [0.25, 0.3) is 0 Å². The first-order valence-electron chi connectivity index (χ1n) is 9.06. The number of benzene rings is 1. The van der Waals surface area contributed by atoms with Crippen LogP contribution in [0.1, 0.15) is 6.92 Å². The Morgan fingerprint density at radius 3 is 2.58 bits per heavy atom. The Morgan fingerprint density at radius 1 is 1.12 bits per heavy atom. The highest BCUT2D eigenvalue weighted by atomic mass is 16.6. The summed E-state index contributed by atoms with van der Waals surface area (Å²) in [6.07, 6.45) is -0.201. The van der Waals surface area contributed by atoms with Crippen LogP contribution >= 0.6 is 0 Å². The largest absolute Gasteiger partial charge is 0.486 e. The van der Waals surface area contributed by atoms with Crippen molar-refractivity contribution in [3.8, 4) is 11.5 Å². The Balaban J connectivity index is 1.38. The standard InChI is InChI=1S/C18H26N4O4/c1-2-19-17(23)12-21-7-9-22(10-8-21)18(24)20-11-14-13-25-15-5-3-4-6-16(15)26-14/h3-6,14H,2,7-13H2,1H3,(H,19,23)(H,20,24). The van der Waals surface area contributed by atoms with Gasteiger partial charge >= 0.3 is 6.03 Å². The molecule has 0 aliphatic carbocycles. The summed E-state index contributed by atoms with van der Waals surface area (Å²) in [5, 5.41) is 5.70. The Labute approximate surface area is 153 Å². The maximum absolute atomic E-state index is 12.3. The number of nitrogens with zero attached hydrogens (tertiary/aromatic N) is 2. The topological polar surface area (TPSA) is 83.1 Å². The third kappa shape index (κ3) is 4.78. The smallest absolute Gasteiger partial charge is 0.317 e. The van der Waals surface area contributed by atoms with Gasteiger partial charge in [-0.15, -0.1) is 0 Å². The molecular formula is C18H26N4O4. The minimum atomic E-state index is -0.201. The minimum Gasteiger partial charge on any atom is -0.486 e. The molecule has 1 aromatic rings. The summed E-state index contributed by atoms with van der Waals surface area (Å²) < 4.78 is 11.5. The zero-order valence-electron chi connectivity index (χ0n) is 15.1. The fourth-order valence-electron chi connectivity index (χ4n) is 3.04. The molecule has 1 unspecified atom stereocenters. The molecule has 2 N–H and O–H groups in total. The highest BCUT2D eigenvalue weighted by molar-refractivity contribution is 5.78. The first kappa shape index (κ1) is 18.3. The Kier molecular flexibility index (Phi) is 6.17. The van der Waals surface area contributed by atoms with Gasteiger partial charge in [0, 0.05) is 32.7 Å². The molecule has 3 rings (SSSR count). The predicted octanol–water partition coefficient (Wildman–Crippen LogP) is 0.290. The number of nitrogens with one attached hydrogen (secondary N) is 2. The van der Waals surface area contributed by atoms with E-state index in [0.29, 0.717) is 58.2 Å². The number of amides is 3. The van der Waals surface area contributed by atoms with Gasteiger partial charge in [-0.2, -0.15) is 0 Å². The lowest BCUT2D eigenvalue weighted by molar-refractivity contribution is -0.122. The van der Waals surface area contributed by atoms with Gasteiger partial charge in [-0.1, -0.05) is 12.1 Å². The van der Waals surface area contributed by atoms with Gasteiger partial charge in [0.05, 0.1) is 13.1 Å². The average Bonchev–Trinajstić information content (AvgIpc) is 2.66. The molecule has 8 nitrogen and oxygen atoms in total. The maximum Gasteiger partial charge on any atom is 0.317 e. The second-order valence-corrected chi connectivity index (χ2v) is 6.40. The normalized spacial score (nSPS) is 19.7. The van der Waals surface area contributed by atoms with Crippen molar-refractivity contribution in [2.24, 2.45) is 0 Å². The number of fused-ring (bicyclic) bond motifs is 1. The number of carbonyl (C=O) groups excluding carboxylic acids is 2. The van der Waals surface area contributed by atoms with E-state index in [1.807, 2.05) is 31.2 Å².